The maximum Gasteiger partial charge on any atom is 0.258 e. The summed E-state index contributed by atoms with van der Waals surface area (Å²) >= 11 is 0. The molecule has 0 spiro atoms. The monoisotopic (exact) mass is 495 g/mol. The van der Waals surface area contributed by atoms with Crippen molar-refractivity contribution in [1.29, 1.82) is 0 Å². The summed E-state index contributed by atoms with van der Waals surface area (Å²) in [6, 6.07) is 5.48. The van der Waals surface area contributed by atoms with Gasteiger partial charge >= 0.3 is 0 Å². The number of nitrogens with one attached hydrogen (secondary N) is 1. The standard InChI is InChI=1S/C26H23F2N3O3S/c1-30-9-7-15(13-35(2,33)34)18-12-17(14-3-4-14)25-22-20(29-26(32)23(22)24(18)30)8-10-31(25)21-6-5-16(27)11-19(21)28/h5-9,11-12,14H,3-4,10,13H2,1-2H3,(H,29,32). The van der Waals surface area contributed by atoms with E-state index in [-0.39, 0.29) is 22.9 Å². The molecule has 0 aromatic heterocycles. The number of aromatic nitrogens is 1. The van der Waals surface area contributed by atoms with Crippen LogP contribution in [0.5, 0.6) is 0 Å². The molecule has 1 fully saturated rings. The van der Waals surface area contributed by atoms with Crippen LogP contribution >= 0.6 is 0 Å². The molecule has 0 radical (unpaired) electrons. The number of nitrogens with zero attached hydrogens (tertiary/aromatic N) is 2. The highest BCUT2D eigenvalue weighted by Crippen LogP contribution is 2.49. The molecule has 9 heteroatoms. The largest absolute Gasteiger partial charge is 0.350 e. The summed E-state index contributed by atoms with van der Waals surface area (Å²) in [4.78, 5) is 19.9. The van der Waals surface area contributed by atoms with Gasteiger partial charge in [-0.15, -0.1) is 0 Å². The lowest BCUT2D eigenvalue weighted by Crippen LogP contribution is -2.27. The Labute approximate surface area is 200 Å². The summed E-state index contributed by atoms with van der Waals surface area (Å²) < 4.78 is 53.2. The van der Waals surface area contributed by atoms with Gasteiger partial charge in [0, 0.05) is 48.2 Å². The molecule has 3 aliphatic heterocycles. The van der Waals surface area contributed by atoms with E-state index in [1.165, 1.54) is 18.4 Å². The number of allylic oxidation sites excluding steroid dienone is 1. The topological polar surface area (TPSA) is 73.5 Å². The first-order valence-corrected chi connectivity index (χ1v) is 13.5. The first-order valence-electron chi connectivity index (χ1n) is 11.4. The lowest BCUT2D eigenvalue weighted by molar-refractivity contribution is 0.583. The Morgan fingerprint density at radius 1 is 1.11 bits per heavy atom. The van der Waals surface area contributed by atoms with Crippen molar-refractivity contribution in [2.45, 2.75) is 18.8 Å². The van der Waals surface area contributed by atoms with Crippen molar-refractivity contribution in [2.75, 3.05) is 35.4 Å². The second kappa shape index (κ2) is 7.52. The Kier molecular flexibility index (Phi) is 4.73. The number of sulfone groups is 1. The van der Waals surface area contributed by atoms with Crippen LogP contribution in [-0.4, -0.2) is 39.0 Å². The van der Waals surface area contributed by atoms with Gasteiger partial charge in [-0.2, -0.15) is 0 Å². The third-order valence-electron chi connectivity index (χ3n) is 6.88. The fourth-order valence-electron chi connectivity index (χ4n) is 5.27. The average molecular weight is 496 g/mol. The molecule has 0 amide bonds. The molecule has 1 saturated carbocycles. The van der Waals surface area contributed by atoms with Gasteiger partial charge in [0.2, 0.25) is 0 Å². The van der Waals surface area contributed by atoms with E-state index < -0.39 is 21.5 Å². The molecule has 0 unspecified atom stereocenters. The molecule has 180 valence electrons. The van der Waals surface area contributed by atoms with E-state index in [9.17, 15) is 22.0 Å². The first-order chi connectivity index (χ1) is 16.6. The third kappa shape index (κ3) is 3.56. The van der Waals surface area contributed by atoms with Crippen molar-refractivity contribution >= 4 is 38.5 Å². The van der Waals surface area contributed by atoms with Crippen LogP contribution in [0, 0.1) is 11.6 Å². The number of halogens is 2. The van der Waals surface area contributed by atoms with E-state index in [4.69, 9.17) is 0 Å². The minimum atomic E-state index is -3.34. The molecular weight excluding hydrogens is 472 g/mol. The van der Waals surface area contributed by atoms with E-state index in [1.54, 1.807) is 17.2 Å². The quantitative estimate of drug-likeness (QED) is 0.603. The first kappa shape index (κ1) is 22.0. The van der Waals surface area contributed by atoms with Gasteiger partial charge in [0.15, 0.2) is 9.84 Å². The molecule has 5 aliphatic rings. The zero-order valence-electron chi connectivity index (χ0n) is 19.2. The van der Waals surface area contributed by atoms with E-state index in [0.29, 0.717) is 45.2 Å². The van der Waals surface area contributed by atoms with Gasteiger partial charge in [0.1, 0.15) is 11.6 Å². The summed E-state index contributed by atoms with van der Waals surface area (Å²) in [5.74, 6) is -1.31. The zero-order valence-corrected chi connectivity index (χ0v) is 20.0. The van der Waals surface area contributed by atoms with Gasteiger partial charge in [-0.05, 0) is 60.2 Å². The molecule has 1 aromatic carbocycles. The molecule has 0 saturated heterocycles. The fraction of sp³-hybridized carbons (Fsp3) is 0.269. The molecule has 3 heterocycles. The summed E-state index contributed by atoms with van der Waals surface area (Å²) in [7, 11) is -1.52. The Balaban J connectivity index is 1.77. The van der Waals surface area contributed by atoms with E-state index in [0.717, 1.165) is 24.5 Å². The highest BCUT2D eigenvalue weighted by molar-refractivity contribution is 7.91. The van der Waals surface area contributed by atoms with Crippen LogP contribution in [0.15, 0.2) is 41.3 Å². The number of anilines is 3. The summed E-state index contributed by atoms with van der Waals surface area (Å²) in [6.07, 6.45) is 8.43. The fourth-order valence-corrected chi connectivity index (χ4v) is 6.08. The van der Waals surface area contributed by atoms with Crippen molar-refractivity contribution < 1.29 is 17.2 Å². The zero-order chi connectivity index (χ0) is 24.6. The second-order valence-corrected chi connectivity index (χ2v) is 11.7. The number of H-pyrrole nitrogens is 1. The molecule has 1 N–H and O–H groups in total. The Morgan fingerprint density at radius 2 is 1.89 bits per heavy atom. The van der Waals surface area contributed by atoms with Crippen molar-refractivity contribution in [3.63, 3.8) is 0 Å². The third-order valence-corrected chi connectivity index (χ3v) is 7.71. The molecule has 1 aromatic rings. The number of rotatable bonds is 4. The lowest BCUT2D eigenvalue weighted by Gasteiger charge is -2.30. The Bertz CT molecular complexity index is 1700. The normalized spacial score (nSPS) is 17.1. The van der Waals surface area contributed by atoms with Crippen molar-refractivity contribution in [1.82, 2.24) is 4.98 Å². The maximum atomic E-state index is 15.0. The predicted octanol–water partition coefficient (Wildman–Crippen LogP) is 2.73. The summed E-state index contributed by atoms with van der Waals surface area (Å²) in [5, 5.41) is 1.34. The van der Waals surface area contributed by atoms with Crippen LogP contribution in [0.3, 0.4) is 0 Å². The van der Waals surface area contributed by atoms with Crippen LogP contribution < -0.4 is 25.9 Å². The highest BCUT2D eigenvalue weighted by Gasteiger charge is 2.36. The lowest BCUT2D eigenvalue weighted by atomic mass is 9.99. The van der Waals surface area contributed by atoms with Crippen LogP contribution in [0.1, 0.15) is 24.3 Å². The minimum absolute atomic E-state index is 0.164. The van der Waals surface area contributed by atoms with Crippen LogP contribution in [0.4, 0.5) is 25.8 Å². The van der Waals surface area contributed by atoms with E-state index in [2.05, 4.69) is 4.98 Å². The van der Waals surface area contributed by atoms with Crippen LogP contribution in [-0.2, 0) is 9.84 Å². The van der Waals surface area contributed by atoms with Crippen molar-refractivity contribution in [3.05, 3.63) is 74.7 Å². The Morgan fingerprint density at radius 3 is 2.57 bits per heavy atom. The number of benzene rings is 1. The van der Waals surface area contributed by atoms with Gasteiger partial charge in [-0.3, -0.25) is 4.79 Å². The van der Waals surface area contributed by atoms with Crippen LogP contribution in [0.25, 0.3) is 22.8 Å². The second-order valence-electron chi connectivity index (χ2n) is 9.54. The predicted molar refractivity (Wildman–Crippen MR) is 133 cm³/mol. The SMILES string of the molecule is CN1C=CC(CS(C)(=O)=O)=c2cc(C3CC3)c3c4c([nH]c(=O)c-4c21)=CCN3c1ccc(F)cc1F. The minimum Gasteiger partial charge on any atom is -0.350 e. The Hall–Kier alpha value is -3.46. The molecule has 35 heavy (non-hydrogen) atoms. The van der Waals surface area contributed by atoms with Crippen LogP contribution in [0.2, 0.25) is 0 Å². The van der Waals surface area contributed by atoms with E-state index in [1.807, 2.05) is 24.1 Å². The summed E-state index contributed by atoms with van der Waals surface area (Å²) in [5.41, 5.74) is 3.91. The number of hydrogen-bond acceptors (Lipinski definition) is 5. The van der Waals surface area contributed by atoms with E-state index >= 15 is 0 Å². The van der Waals surface area contributed by atoms with Gasteiger partial charge in [0.25, 0.3) is 5.56 Å². The molecule has 0 atom stereocenters. The number of fused-ring (bicyclic) bond motifs is 2. The van der Waals surface area contributed by atoms with Gasteiger partial charge in [-0.1, -0.05) is 0 Å². The van der Waals surface area contributed by atoms with Gasteiger partial charge < -0.3 is 14.8 Å². The summed E-state index contributed by atoms with van der Waals surface area (Å²) in [6.45, 7) is 0.299. The molecule has 6 rings (SSSR count). The molecule has 6 nitrogen and oxygen atoms in total. The molecular formula is C26H23F2N3O3S. The average Bonchev–Trinajstić information content (AvgIpc) is 3.57. The number of hydrogen-bond donors (Lipinski definition) is 1. The van der Waals surface area contributed by atoms with Gasteiger partial charge in [-0.25, -0.2) is 17.2 Å². The maximum absolute atomic E-state index is 15.0. The van der Waals surface area contributed by atoms with Gasteiger partial charge in [0.05, 0.1) is 28.4 Å². The smallest absolute Gasteiger partial charge is 0.258 e. The number of aromatic amines is 1. The van der Waals surface area contributed by atoms with Crippen molar-refractivity contribution in [3.8, 4) is 11.1 Å². The molecule has 0 bridgehead atoms. The molecule has 2 aliphatic carbocycles. The van der Waals surface area contributed by atoms with Crippen molar-refractivity contribution in [2.24, 2.45) is 0 Å². The highest BCUT2D eigenvalue weighted by atomic mass is 32.2.